The number of fused-ring (bicyclic) bond motifs is 1. The number of carbonyl (C=O) groups is 2. The van der Waals surface area contributed by atoms with Crippen molar-refractivity contribution < 1.29 is 14.3 Å². The molecule has 2 heterocycles. The van der Waals surface area contributed by atoms with E-state index < -0.39 is 12.2 Å². The molecule has 150 valence electrons. The lowest BCUT2D eigenvalue weighted by Gasteiger charge is -2.13. The van der Waals surface area contributed by atoms with Crippen LogP contribution in [0.5, 0.6) is 0 Å². The van der Waals surface area contributed by atoms with E-state index in [0.29, 0.717) is 21.2 Å². The van der Waals surface area contributed by atoms with Gasteiger partial charge < -0.3 is 14.6 Å². The zero-order valence-corrected chi connectivity index (χ0v) is 17.7. The number of aryl methyl sites for hydroxylation is 1. The van der Waals surface area contributed by atoms with Crippen LogP contribution in [0.2, 0.25) is 5.02 Å². The van der Waals surface area contributed by atoms with E-state index in [2.05, 4.69) is 17.9 Å². The number of cyclic esters (lactones) is 1. The highest BCUT2D eigenvalue weighted by molar-refractivity contribution is 7.80. The number of rotatable bonds is 4. The van der Waals surface area contributed by atoms with Crippen LogP contribution in [0, 0.1) is 0 Å². The molecule has 29 heavy (non-hydrogen) atoms. The Balaban J connectivity index is 1.45. The summed E-state index contributed by atoms with van der Waals surface area (Å²) in [7, 11) is 1.71. The van der Waals surface area contributed by atoms with Crippen LogP contribution in [0.4, 0.5) is 10.5 Å². The minimum atomic E-state index is -0.501. The molecule has 1 aliphatic rings. The van der Waals surface area contributed by atoms with Gasteiger partial charge in [0.2, 0.25) is 0 Å². The molecule has 2 aromatic carbocycles. The Morgan fingerprint density at radius 1 is 1.31 bits per heavy atom. The van der Waals surface area contributed by atoms with E-state index in [9.17, 15) is 14.4 Å². The summed E-state index contributed by atoms with van der Waals surface area (Å²) in [5, 5.41) is 3.18. The van der Waals surface area contributed by atoms with Gasteiger partial charge in [-0.25, -0.2) is 4.79 Å². The fourth-order valence-corrected chi connectivity index (χ4v) is 4.45. The molecule has 0 aliphatic carbocycles. The molecule has 1 atom stereocenters. The van der Waals surface area contributed by atoms with Gasteiger partial charge in [0.05, 0.1) is 28.9 Å². The van der Waals surface area contributed by atoms with Crippen LogP contribution in [0.25, 0.3) is 10.2 Å². The van der Waals surface area contributed by atoms with E-state index in [0.717, 1.165) is 21.6 Å². The molecule has 1 N–H and O–H groups in total. The van der Waals surface area contributed by atoms with E-state index in [1.807, 2.05) is 0 Å². The molecule has 4 rings (SSSR count). The standard InChI is InChI=1S/C19H16ClN3O4S2/c1-22-14-4-3-11(7-16(14)29-19(22)26)23-9-12(27-18(23)25)8-21-17(24)13-6-10(20)2-5-15(13)28/h2-7,12,28H,8-9H2,1H3,(H,21,24)/t12-/m0/s1. The molecule has 0 bridgehead atoms. The van der Waals surface area contributed by atoms with Crippen LogP contribution in [-0.2, 0) is 11.8 Å². The molecule has 0 radical (unpaired) electrons. The average molecular weight is 450 g/mol. The van der Waals surface area contributed by atoms with Gasteiger partial charge in [-0.3, -0.25) is 14.5 Å². The quantitative estimate of drug-likeness (QED) is 0.599. The maximum Gasteiger partial charge on any atom is 0.414 e. The Morgan fingerprint density at radius 2 is 2.10 bits per heavy atom. The minimum absolute atomic E-state index is 0.0636. The number of anilines is 1. The predicted molar refractivity (Wildman–Crippen MR) is 116 cm³/mol. The number of aromatic nitrogens is 1. The Hall–Kier alpha value is -2.49. The number of hydrogen-bond donors (Lipinski definition) is 2. The van der Waals surface area contributed by atoms with Crippen LogP contribution >= 0.6 is 35.6 Å². The maximum absolute atomic E-state index is 12.4. The van der Waals surface area contributed by atoms with Crippen molar-refractivity contribution in [3.05, 3.63) is 56.7 Å². The second-order valence-corrected chi connectivity index (χ2v) is 8.48. The fraction of sp³-hybridized carbons (Fsp3) is 0.211. The number of thiazole rings is 1. The topological polar surface area (TPSA) is 80.6 Å². The van der Waals surface area contributed by atoms with Crippen molar-refractivity contribution in [2.45, 2.75) is 11.0 Å². The van der Waals surface area contributed by atoms with Crippen LogP contribution in [0.1, 0.15) is 10.4 Å². The van der Waals surface area contributed by atoms with E-state index in [1.165, 1.54) is 11.0 Å². The van der Waals surface area contributed by atoms with Gasteiger partial charge in [0, 0.05) is 22.7 Å². The third kappa shape index (κ3) is 3.85. The molecule has 1 aromatic heterocycles. The zero-order valence-electron chi connectivity index (χ0n) is 15.2. The van der Waals surface area contributed by atoms with E-state index in [-0.39, 0.29) is 23.9 Å². The SMILES string of the molecule is Cn1c(=O)sc2cc(N3C[C@H](CNC(=O)c4cc(Cl)ccc4S)OC3=O)ccc21. The summed E-state index contributed by atoms with van der Waals surface area (Å²) in [6.07, 6.45) is -0.997. The van der Waals surface area contributed by atoms with Crippen LogP contribution in [0.15, 0.2) is 46.1 Å². The summed E-state index contributed by atoms with van der Waals surface area (Å²) in [5.74, 6) is -0.345. The Labute approximate surface area is 180 Å². The van der Waals surface area contributed by atoms with Gasteiger partial charge in [-0.1, -0.05) is 22.9 Å². The zero-order chi connectivity index (χ0) is 20.7. The Morgan fingerprint density at radius 3 is 2.90 bits per heavy atom. The number of nitrogens with zero attached hydrogens (tertiary/aromatic N) is 2. The van der Waals surface area contributed by atoms with Gasteiger partial charge in [0.1, 0.15) is 6.10 Å². The summed E-state index contributed by atoms with van der Waals surface area (Å²) >= 11 is 11.3. The van der Waals surface area contributed by atoms with Gasteiger partial charge >= 0.3 is 11.0 Å². The van der Waals surface area contributed by atoms with Gasteiger partial charge in [0.15, 0.2) is 0 Å². The first-order valence-corrected chi connectivity index (χ1v) is 10.3. The largest absolute Gasteiger partial charge is 0.442 e. The van der Waals surface area contributed by atoms with Crippen molar-refractivity contribution in [2.75, 3.05) is 18.0 Å². The molecule has 1 saturated heterocycles. The number of ether oxygens (including phenoxy) is 1. The van der Waals surface area contributed by atoms with Gasteiger partial charge in [0.25, 0.3) is 5.91 Å². The molecule has 0 spiro atoms. The first-order chi connectivity index (χ1) is 13.8. The lowest BCUT2D eigenvalue weighted by Crippen LogP contribution is -2.34. The molecular weight excluding hydrogens is 434 g/mol. The number of carbonyl (C=O) groups excluding carboxylic acids is 2. The van der Waals surface area contributed by atoms with Gasteiger partial charge in [-0.2, -0.15) is 0 Å². The smallest absolute Gasteiger partial charge is 0.414 e. The summed E-state index contributed by atoms with van der Waals surface area (Å²) in [6, 6.07) is 10.2. The normalized spacial score (nSPS) is 16.3. The molecule has 1 fully saturated rings. The van der Waals surface area contributed by atoms with E-state index in [4.69, 9.17) is 16.3 Å². The fourth-order valence-electron chi connectivity index (χ4n) is 3.12. The second-order valence-electron chi connectivity index (χ2n) is 6.57. The van der Waals surface area contributed by atoms with Crippen LogP contribution < -0.4 is 15.1 Å². The highest BCUT2D eigenvalue weighted by Gasteiger charge is 2.33. The predicted octanol–water partition coefficient (Wildman–Crippen LogP) is 3.30. The maximum atomic E-state index is 12.4. The number of benzene rings is 2. The number of nitrogens with one attached hydrogen (secondary N) is 1. The summed E-state index contributed by atoms with van der Waals surface area (Å²) < 4.78 is 7.73. The van der Waals surface area contributed by atoms with Crippen molar-refractivity contribution in [2.24, 2.45) is 7.05 Å². The van der Waals surface area contributed by atoms with Crippen molar-refractivity contribution in [1.29, 1.82) is 0 Å². The molecule has 10 heteroatoms. The van der Waals surface area contributed by atoms with Gasteiger partial charge in [-0.05, 0) is 36.4 Å². The van der Waals surface area contributed by atoms with Crippen molar-refractivity contribution in [3.63, 3.8) is 0 Å². The Bertz CT molecular complexity index is 1190. The van der Waals surface area contributed by atoms with E-state index >= 15 is 0 Å². The third-order valence-electron chi connectivity index (χ3n) is 4.66. The van der Waals surface area contributed by atoms with Crippen molar-refractivity contribution in [3.8, 4) is 0 Å². The molecule has 3 aromatic rings. The minimum Gasteiger partial charge on any atom is -0.442 e. The summed E-state index contributed by atoms with van der Waals surface area (Å²) in [4.78, 5) is 38.4. The highest BCUT2D eigenvalue weighted by atomic mass is 35.5. The lowest BCUT2D eigenvalue weighted by molar-refractivity contribution is 0.0913. The molecule has 2 amide bonds. The molecular formula is C19H16ClN3O4S2. The van der Waals surface area contributed by atoms with Crippen LogP contribution in [-0.4, -0.2) is 35.8 Å². The second kappa shape index (κ2) is 7.74. The first kappa shape index (κ1) is 19.8. The number of thiol groups is 1. The van der Waals surface area contributed by atoms with Crippen LogP contribution in [0.3, 0.4) is 0 Å². The molecule has 1 aliphatic heterocycles. The summed E-state index contributed by atoms with van der Waals surface area (Å²) in [6.45, 7) is 0.442. The van der Waals surface area contributed by atoms with Crippen molar-refractivity contribution >= 4 is 63.5 Å². The molecule has 0 unspecified atom stereocenters. The first-order valence-electron chi connectivity index (χ1n) is 8.68. The number of amides is 2. The summed E-state index contributed by atoms with van der Waals surface area (Å²) in [5.41, 5.74) is 1.81. The van der Waals surface area contributed by atoms with Gasteiger partial charge in [-0.15, -0.1) is 12.6 Å². The highest BCUT2D eigenvalue weighted by Crippen LogP contribution is 2.27. The average Bonchev–Trinajstić information content (AvgIpc) is 3.20. The van der Waals surface area contributed by atoms with E-state index in [1.54, 1.807) is 41.9 Å². The monoisotopic (exact) mass is 449 g/mol. The lowest BCUT2D eigenvalue weighted by atomic mass is 10.2. The van der Waals surface area contributed by atoms with Crippen molar-refractivity contribution in [1.82, 2.24) is 9.88 Å². The number of hydrogen-bond acceptors (Lipinski definition) is 6. The number of halogens is 1. The molecule has 0 saturated carbocycles. The molecule has 7 nitrogen and oxygen atoms in total. The third-order valence-corrected chi connectivity index (χ3v) is 6.28. The Kier molecular flexibility index (Phi) is 5.28.